The fourth-order valence-electron chi connectivity index (χ4n) is 18.7. The van der Waals surface area contributed by atoms with E-state index in [1.54, 1.807) is 23.6 Å². The molecule has 0 aromatic rings. The summed E-state index contributed by atoms with van der Waals surface area (Å²) in [7, 11) is 2.21. The van der Waals surface area contributed by atoms with Crippen LogP contribution in [0.15, 0.2) is 0 Å². The lowest BCUT2D eigenvalue weighted by molar-refractivity contribution is -0.407. The molecule has 13 heterocycles. The Bertz CT molecular complexity index is 2970. The van der Waals surface area contributed by atoms with Crippen LogP contribution >= 0.6 is 11.8 Å². The van der Waals surface area contributed by atoms with Gasteiger partial charge in [0, 0.05) is 232 Å². The average Bonchev–Trinajstić information content (AvgIpc) is 1.61. The summed E-state index contributed by atoms with van der Waals surface area (Å²) in [5, 5.41) is 0. The van der Waals surface area contributed by atoms with Gasteiger partial charge in [-0.15, -0.1) is 0 Å². The van der Waals surface area contributed by atoms with Crippen LogP contribution in [0.4, 0.5) is 43.9 Å². The van der Waals surface area contributed by atoms with Crippen LogP contribution in [-0.2, 0) is 47.4 Å². The van der Waals surface area contributed by atoms with Gasteiger partial charge in [-0.25, -0.2) is 17.6 Å². The third-order valence-corrected chi connectivity index (χ3v) is 29.5. The molecule has 2 spiro atoms. The second-order valence-electron chi connectivity index (χ2n) is 44.0. The van der Waals surface area contributed by atoms with Gasteiger partial charge in [-0.1, -0.05) is 28.7 Å². The molecule has 17 rings (SSSR count). The number of hydrogen-bond donors (Lipinski definition) is 0. The molecule has 0 N–H and O–H groups in total. The molecule has 0 aromatic carbocycles. The highest BCUT2D eigenvalue weighted by Gasteiger charge is 2.54. The van der Waals surface area contributed by atoms with Crippen molar-refractivity contribution < 1.29 is 91.3 Å². The smallest absolute Gasteiger partial charge is 0.372 e. The van der Waals surface area contributed by atoms with Gasteiger partial charge in [0.25, 0.3) is 11.8 Å². The predicted molar refractivity (Wildman–Crippen MR) is 544 cm³/mol. The third-order valence-electron chi connectivity index (χ3n) is 28.5. The zero-order chi connectivity index (χ0) is 101. The van der Waals surface area contributed by atoms with Gasteiger partial charge in [0.1, 0.15) is 6.61 Å². The number of nitrogens with zero attached hydrogens (tertiary/aromatic N) is 12. The van der Waals surface area contributed by atoms with Crippen molar-refractivity contribution in [2.75, 3.05) is 229 Å². The Morgan fingerprint density at radius 2 is 0.818 bits per heavy atom. The summed E-state index contributed by atoms with van der Waals surface area (Å²) in [6, 6.07) is 8.71. The van der Waals surface area contributed by atoms with E-state index in [-0.39, 0.29) is 71.4 Å². The van der Waals surface area contributed by atoms with Crippen molar-refractivity contribution >= 4 is 11.8 Å². The Hall–Kier alpha value is -1.23. The molecule has 4 aliphatic carbocycles. The molecule has 5 unspecified atom stereocenters. The number of ether oxygens (including phenoxy) is 10. The molecule has 13 saturated heterocycles. The van der Waals surface area contributed by atoms with Gasteiger partial charge < -0.3 is 47.5 Å². The second kappa shape index (κ2) is 63.6. The Kier molecular flexibility index (Phi) is 60.3. The van der Waals surface area contributed by atoms with Crippen molar-refractivity contribution in [2.45, 2.75) is 436 Å². The molecule has 4 saturated carbocycles. The minimum atomic E-state index is -3.76. The number of alkyl halides is 10. The molecule has 13 aliphatic heterocycles. The monoisotopic (exact) mass is 2010 g/mol. The number of thioether (sulfide) groups is 1. The van der Waals surface area contributed by atoms with Crippen LogP contribution in [0.25, 0.3) is 0 Å². The molecule has 818 valence electrons. The lowest BCUT2D eigenvalue weighted by Gasteiger charge is -2.38. The van der Waals surface area contributed by atoms with Gasteiger partial charge in [-0.2, -0.15) is 38.1 Å². The molecule has 22 nitrogen and oxygen atoms in total. The summed E-state index contributed by atoms with van der Waals surface area (Å²) in [6.45, 7) is 81.6. The molecular formula is C104H206F10N12O10S. The van der Waals surface area contributed by atoms with Crippen LogP contribution in [0.1, 0.15) is 285 Å². The first-order valence-corrected chi connectivity index (χ1v) is 53.8. The molecule has 0 aromatic heterocycles. The van der Waals surface area contributed by atoms with Crippen molar-refractivity contribution in [3.63, 3.8) is 0 Å². The van der Waals surface area contributed by atoms with E-state index in [2.05, 4.69) is 204 Å². The minimum absolute atomic E-state index is 0. The number of hydrogen-bond acceptors (Lipinski definition) is 23. The van der Waals surface area contributed by atoms with E-state index >= 15 is 0 Å². The van der Waals surface area contributed by atoms with E-state index in [1.165, 1.54) is 102 Å². The fraction of sp³-hybridized carbons (Fsp3) is 1.00. The standard InChI is InChI=1S/C9H16F2O.3C9H17NO.C8H15NO.2C8H17NO.C7H11F4NO.C7H13F2NO.C7H13F2N.C7H15NO.C7H15NS.C7H15N.2CH4/c1-7(2)8-3-4-12-6-9(10,11)5-8;1-7(2)10-5-8-3-4-9(6-10)11-8;1-8(2)10-5-6-11-7-9(10)3-4-9;1-8(2)10-5-6-11-9(7-10)3-4-9;1-6(2)9-3-4-10-8-5-7(8)9;1-7(2)9-4-5-10-6-8(9)3;1-8(2)9-4-3-6-10-7-5-9;1-5(2)12-3-6(8,9)13-7(10,11)4-12;1-6(2)10-3-4-11-7(8,9)5-10;1-6(2)10-4-3-7(8,9)5-10;2*1-7(2)8-3-5-9-6-4-8;1-6(2)8(3)7-4-5-7;;/h7-8H,3-6H2,1-2H3;7-9H,3-6H2,1-2H3;2*8H,3-7H2,1-2H3;6-8H,3-5H2,1-2H3;7-8H,4-6H2,1-3H3;8H,3-7H2,1-2H3;5H,3-4H2,1-2H3;6H,3-5H2,1-2H3;6H,3-5H2,1-2H3;2*7H,3-6H2,1-2H3;6-7H,4-5H2,1-3H3;2*1H4/t;;;;;8-;;;;;;;;;/m.....1........./s1. The van der Waals surface area contributed by atoms with Gasteiger partial charge in [-0.3, -0.25) is 58.6 Å². The fourth-order valence-corrected chi connectivity index (χ4v) is 19.6. The maximum atomic E-state index is 12.9. The SMILES string of the molecule is C.C.CC(C)C1CCOCC(F)(F)C1.CC(C)N(C)C1CC1.CC(C)N1CC(F)(F)OC(F)(F)C1.CC(C)N1CC2CCC(C1)O2.CC(C)N1CCC(F)(F)C1.CC(C)N1CCCOCC1.CC(C)N1CCOC(F)(F)C1.CC(C)N1CCOC2(CC2)C1.CC(C)N1CCOC2CC21.CC(C)N1CCOCC1.CC(C)N1CCOCC12CC2.CC(C)N1CCOC[C@H]1C.CC(C)N1CCSCC1. The van der Waals surface area contributed by atoms with Crippen LogP contribution in [-0.4, -0.2) is 438 Å². The Labute approximate surface area is 833 Å². The zero-order valence-electron chi connectivity index (χ0n) is 89.9. The maximum absolute atomic E-state index is 12.9. The highest BCUT2D eigenvalue weighted by atomic mass is 32.2. The zero-order valence-corrected chi connectivity index (χ0v) is 90.7. The first-order valence-electron chi connectivity index (χ1n) is 52.6. The topological polar surface area (TPSA) is 131 Å². The largest absolute Gasteiger partial charge is 0.380 e. The van der Waals surface area contributed by atoms with Gasteiger partial charge in [-0.05, 0) is 263 Å². The average molecular weight is 2010 g/mol. The molecule has 17 aliphatic rings. The normalized spacial score (nSPS) is 28.1. The lowest BCUT2D eigenvalue weighted by atomic mass is 9.88. The van der Waals surface area contributed by atoms with Crippen molar-refractivity contribution in [1.82, 2.24) is 58.8 Å². The number of morpholine rings is 8. The quantitative estimate of drug-likeness (QED) is 0.153. The van der Waals surface area contributed by atoms with E-state index < -0.39 is 49.9 Å². The Balaban J connectivity index is 0.000000382. The van der Waals surface area contributed by atoms with Crippen LogP contribution in [0.2, 0.25) is 0 Å². The molecule has 6 atom stereocenters. The lowest BCUT2D eigenvalue weighted by Crippen LogP contribution is -2.56. The van der Waals surface area contributed by atoms with Gasteiger partial charge in [0.2, 0.25) is 0 Å². The number of fused-ring (bicyclic) bond motifs is 3. The summed E-state index contributed by atoms with van der Waals surface area (Å²) >= 11 is 2.07. The Morgan fingerprint density at radius 1 is 0.365 bits per heavy atom. The molecular weight excluding hydrogens is 1800 g/mol. The van der Waals surface area contributed by atoms with Gasteiger partial charge in [0.05, 0.1) is 116 Å². The van der Waals surface area contributed by atoms with Crippen molar-refractivity contribution in [1.29, 1.82) is 0 Å². The van der Waals surface area contributed by atoms with Crippen LogP contribution in [0.3, 0.4) is 0 Å². The maximum Gasteiger partial charge on any atom is 0.372 e. The van der Waals surface area contributed by atoms with Crippen LogP contribution in [0.5, 0.6) is 0 Å². The van der Waals surface area contributed by atoms with E-state index in [0.717, 1.165) is 160 Å². The second-order valence-corrected chi connectivity index (χ2v) is 45.3. The van der Waals surface area contributed by atoms with Crippen molar-refractivity contribution in [3.8, 4) is 0 Å². The van der Waals surface area contributed by atoms with Crippen molar-refractivity contribution in [3.05, 3.63) is 0 Å². The van der Waals surface area contributed by atoms with E-state index in [0.29, 0.717) is 103 Å². The van der Waals surface area contributed by atoms with Gasteiger partial charge >= 0.3 is 18.3 Å². The van der Waals surface area contributed by atoms with Gasteiger partial charge in [0.15, 0.2) is 0 Å². The predicted octanol–water partition coefficient (Wildman–Crippen LogP) is 19.5. The van der Waals surface area contributed by atoms with Crippen molar-refractivity contribution in [2.24, 2.45) is 11.8 Å². The molecule has 33 heteroatoms. The first kappa shape index (κ1) is 130. The first-order chi connectivity index (χ1) is 63.1. The highest BCUT2D eigenvalue weighted by Crippen LogP contribution is 2.45. The third kappa shape index (κ3) is 51.5. The number of halogens is 10. The molecule has 137 heavy (non-hydrogen) atoms. The summed E-state index contributed by atoms with van der Waals surface area (Å²) in [5.41, 5.74) is 0.787. The van der Waals surface area contributed by atoms with E-state index in [1.807, 2.05) is 41.5 Å². The van der Waals surface area contributed by atoms with E-state index in [4.69, 9.17) is 37.9 Å². The molecule has 17 fully saturated rings. The van der Waals surface area contributed by atoms with Crippen LogP contribution in [0, 0.1) is 11.8 Å². The van der Waals surface area contributed by atoms with Crippen LogP contribution < -0.4 is 0 Å². The number of likely N-dealkylation sites (tertiary alicyclic amines) is 2. The highest BCUT2D eigenvalue weighted by molar-refractivity contribution is 7.99. The summed E-state index contributed by atoms with van der Waals surface area (Å²) < 4.78 is 177. The molecule has 0 amide bonds. The Morgan fingerprint density at radius 3 is 1.22 bits per heavy atom. The minimum Gasteiger partial charge on any atom is -0.380 e. The number of rotatable bonds is 14. The molecule has 0 radical (unpaired) electrons. The van der Waals surface area contributed by atoms with E-state index in [9.17, 15) is 43.9 Å². The summed E-state index contributed by atoms with van der Waals surface area (Å²) in [4.78, 5) is 27.1. The summed E-state index contributed by atoms with van der Waals surface area (Å²) in [6.07, 6.45) is 5.21. The summed E-state index contributed by atoms with van der Waals surface area (Å²) in [5.74, 6) is -1.92. The molecule has 2 bridgehead atoms.